The third-order valence-electron chi connectivity index (χ3n) is 5.91. The Hall–Kier alpha value is -2.11. The second kappa shape index (κ2) is 7.72. The minimum atomic E-state index is -0.260. The smallest absolute Gasteiger partial charge is 0.320 e. The third-order valence-corrected chi connectivity index (χ3v) is 6.28. The molecule has 2 heterocycles. The number of halogens is 2. The van der Waals surface area contributed by atoms with Gasteiger partial charge in [0.05, 0.1) is 6.04 Å². The highest BCUT2D eigenvalue weighted by Crippen LogP contribution is 2.45. The van der Waals surface area contributed by atoms with Gasteiger partial charge in [0.15, 0.2) is 0 Å². The van der Waals surface area contributed by atoms with Gasteiger partial charge in [0.2, 0.25) is 0 Å². The van der Waals surface area contributed by atoms with Crippen LogP contribution in [0.2, 0.25) is 5.02 Å². The number of benzene rings is 2. The van der Waals surface area contributed by atoms with Crippen molar-refractivity contribution in [3.63, 3.8) is 0 Å². The van der Waals surface area contributed by atoms with E-state index < -0.39 is 0 Å². The lowest BCUT2D eigenvalue weighted by Gasteiger charge is -2.32. The summed E-state index contributed by atoms with van der Waals surface area (Å²) in [4.78, 5) is 18.7. The maximum atomic E-state index is 13.9. The number of amides is 2. The van der Waals surface area contributed by atoms with Gasteiger partial charge in [0.25, 0.3) is 0 Å². The van der Waals surface area contributed by atoms with Crippen LogP contribution in [0.15, 0.2) is 48.5 Å². The highest BCUT2D eigenvalue weighted by molar-refractivity contribution is 6.31. The molecule has 2 amide bonds. The molecule has 0 N–H and O–H groups in total. The van der Waals surface area contributed by atoms with Crippen LogP contribution in [0.4, 0.5) is 9.18 Å². The van der Waals surface area contributed by atoms with E-state index in [9.17, 15) is 9.18 Å². The molecule has 2 aliphatic rings. The summed E-state index contributed by atoms with van der Waals surface area (Å²) in [5, 5.41) is 0.783. The first-order chi connectivity index (χ1) is 13.4. The van der Waals surface area contributed by atoms with Gasteiger partial charge in [0.1, 0.15) is 5.82 Å². The summed E-state index contributed by atoms with van der Waals surface area (Å²) < 4.78 is 13.9. The number of fused-ring (bicyclic) bond motifs is 1. The molecule has 0 aromatic heterocycles. The second-order valence-electron chi connectivity index (χ2n) is 8.04. The Morgan fingerprint density at radius 1 is 1.14 bits per heavy atom. The van der Waals surface area contributed by atoms with Crippen LogP contribution in [0.25, 0.3) is 0 Å². The maximum Gasteiger partial charge on any atom is 0.320 e. The van der Waals surface area contributed by atoms with Crippen LogP contribution in [0, 0.1) is 17.7 Å². The molecule has 0 spiro atoms. The van der Waals surface area contributed by atoms with E-state index in [-0.39, 0.29) is 23.8 Å². The van der Waals surface area contributed by atoms with E-state index >= 15 is 0 Å². The van der Waals surface area contributed by atoms with Crippen LogP contribution in [-0.4, -0.2) is 54.5 Å². The first-order valence-electron chi connectivity index (χ1n) is 9.63. The highest BCUT2D eigenvalue weighted by Gasteiger charge is 2.49. The average molecular weight is 402 g/mol. The van der Waals surface area contributed by atoms with E-state index in [1.54, 1.807) is 31.1 Å². The number of hydrogen-bond acceptors (Lipinski definition) is 2. The maximum absolute atomic E-state index is 13.9. The van der Waals surface area contributed by atoms with Gasteiger partial charge < -0.3 is 9.80 Å². The summed E-state index contributed by atoms with van der Waals surface area (Å²) in [6.45, 7) is 3.28. The lowest BCUT2D eigenvalue weighted by atomic mass is 9.89. The molecule has 0 saturated carbocycles. The quantitative estimate of drug-likeness (QED) is 0.768. The molecule has 28 heavy (non-hydrogen) atoms. The summed E-state index contributed by atoms with van der Waals surface area (Å²) in [7, 11) is 3.53. The molecule has 3 atom stereocenters. The van der Waals surface area contributed by atoms with Gasteiger partial charge >= 0.3 is 6.03 Å². The van der Waals surface area contributed by atoms with Crippen molar-refractivity contribution >= 4 is 17.6 Å². The zero-order valence-corrected chi connectivity index (χ0v) is 16.9. The second-order valence-corrected chi connectivity index (χ2v) is 8.45. The lowest BCUT2D eigenvalue weighted by Crippen LogP contribution is -2.41. The topological polar surface area (TPSA) is 26.8 Å². The van der Waals surface area contributed by atoms with Crippen LogP contribution < -0.4 is 0 Å². The van der Waals surface area contributed by atoms with E-state index in [2.05, 4.69) is 11.0 Å². The molecule has 0 aliphatic carbocycles. The Morgan fingerprint density at radius 2 is 1.93 bits per heavy atom. The largest absolute Gasteiger partial charge is 0.331 e. The molecule has 0 radical (unpaired) electrons. The van der Waals surface area contributed by atoms with E-state index in [0.717, 1.165) is 35.8 Å². The summed E-state index contributed by atoms with van der Waals surface area (Å²) in [6.07, 6.45) is 0. The Morgan fingerprint density at radius 3 is 2.64 bits per heavy atom. The van der Waals surface area contributed by atoms with E-state index in [1.165, 1.54) is 6.07 Å². The molecule has 2 aromatic rings. The number of carbonyl (C=O) groups excluding carboxylic acids is 1. The van der Waals surface area contributed by atoms with Crippen molar-refractivity contribution < 1.29 is 9.18 Å². The molecular formula is C22H25ClFN3O. The standard InChI is InChI=1S/C22H25ClFN3O/c1-25(2)22(28)27-13-17-12-26(11-16-6-3-4-9-20(16)23)14-19(17)21(27)15-7-5-8-18(24)10-15/h3-10,17,19,21H,11-14H2,1-2H3/t17-,19-,21-/m1/s1. The third kappa shape index (κ3) is 3.61. The van der Waals surface area contributed by atoms with Crippen molar-refractivity contribution in [2.75, 3.05) is 33.7 Å². The van der Waals surface area contributed by atoms with Gasteiger partial charge in [-0.25, -0.2) is 9.18 Å². The molecule has 0 unspecified atom stereocenters. The molecule has 148 valence electrons. The van der Waals surface area contributed by atoms with Gasteiger partial charge in [-0.2, -0.15) is 0 Å². The lowest BCUT2D eigenvalue weighted by molar-refractivity contribution is 0.151. The summed E-state index contributed by atoms with van der Waals surface area (Å²) in [5.41, 5.74) is 2.00. The van der Waals surface area contributed by atoms with Gasteiger partial charge in [-0.05, 0) is 35.2 Å². The highest BCUT2D eigenvalue weighted by atomic mass is 35.5. The van der Waals surface area contributed by atoms with Crippen molar-refractivity contribution in [2.45, 2.75) is 12.6 Å². The fourth-order valence-corrected chi connectivity index (χ4v) is 4.90. The molecule has 4 nitrogen and oxygen atoms in total. The van der Waals surface area contributed by atoms with E-state index in [0.29, 0.717) is 12.5 Å². The summed E-state index contributed by atoms with van der Waals surface area (Å²) in [5.74, 6) is 0.400. The van der Waals surface area contributed by atoms with Crippen molar-refractivity contribution in [1.82, 2.24) is 14.7 Å². The van der Waals surface area contributed by atoms with Crippen LogP contribution in [0.1, 0.15) is 17.2 Å². The molecule has 4 rings (SSSR count). The molecule has 0 bridgehead atoms. The minimum absolute atomic E-state index is 0.0127. The predicted molar refractivity (Wildman–Crippen MR) is 109 cm³/mol. The summed E-state index contributed by atoms with van der Waals surface area (Å²) in [6, 6.07) is 14.5. The summed E-state index contributed by atoms with van der Waals surface area (Å²) >= 11 is 6.34. The molecule has 2 aromatic carbocycles. The first kappa shape index (κ1) is 19.2. The molecule has 2 saturated heterocycles. The number of carbonyl (C=O) groups is 1. The SMILES string of the molecule is CN(C)C(=O)N1C[C@H]2CN(Cc3ccccc3Cl)C[C@H]2[C@H]1c1cccc(F)c1. The number of hydrogen-bond donors (Lipinski definition) is 0. The number of likely N-dealkylation sites (tertiary alicyclic amines) is 2. The zero-order chi connectivity index (χ0) is 19.8. The van der Waals surface area contributed by atoms with E-state index in [4.69, 9.17) is 11.6 Å². The first-order valence-corrected chi connectivity index (χ1v) is 10.0. The van der Waals surface area contributed by atoms with Gasteiger partial charge in [0, 0.05) is 51.2 Å². The van der Waals surface area contributed by atoms with Crippen molar-refractivity contribution in [1.29, 1.82) is 0 Å². The van der Waals surface area contributed by atoms with Crippen molar-refractivity contribution in [3.05, 3.63) is 70.5 Å². The fraction of sp³-hybridized carbons (Fsp3) is 0.409. The average Bonchev–Trinajstić information content (AvgIpc) is 3.20. The number of nitrogens with zero attached hydrogens (tertiary/aromatic N) is 3. The Labute approximate surface area is 170 Å². The Bertz CT molecular complexity index is 874. The Kier molecular flexibility index (Phi) is 5.30. The Balaban J connectivity index is 1.58. The van der Waals surface area contributed by atoms with Crippen LogP contribution >= 0.6 is 11.6 Å². The van der Waals surface area contributed by atoms with Gasteiger partial charge in [-0.1, -0.05) is 41.9 Å². The zero-order valence-electron chi connectivity index (χ0n) is 16.2. The molecular weight excluding hydrogens is 377 g/mol. The van der Waals surface area contributed by atoms with Crippen LogP contribution in [0.3, 0.4) is 0 Å². The van der Waals surface area contributed by atoms with Gasteiger partial charge in [-0.3, -0.25) is 4.90 Å². The van der Waals surface area contributed by atoms with Crippen LogP contribution in [0.5, 0.6) is 0 Å². The molecule has 2 fully saturated rings. The normalized spacial score (nSPS) is 24.4. The monoisotopic (exact) mass is 401 g/mol. The van der Waals surface area contributed by atoms with Crippen LogP contribution in [-0.2, 0) is 6.54 Å². The number of rotatable bonds is 3. The van der Waals surface area contributed by atoms with Crippen molar-refractivity contribution in [2.24, 2.45) is 11.8 Å². The molecule has 6 heteroatoms. The van der Waals surface area contributed by atoms with Gasteiger partial charge in [-0.15, -0.1) is 0 Å². The molecule has 2 aliphatic heterocycles. The number of urea groups is 1. The predicted octanol–water partition coefficient (Wildman–Crippen LogP) is 4.27. The fourth-order valence-electron chi connectivity index (χ4n) is 4.71. The minimum Gasteiger partial charge on any atom is -0.331 e. The van der Waals surface area contributed by atoms with E-state index in [1.807, 2.05) is 29.2 Å². The van der Waals surface area contributed by atoms with Crippen molar-refractivity contribution in [3.8, 4) is 0 Å².